The molecule has 0 aliphatic rings. The molecule has 0 radical (unpaired) electrons. The zero-order chi connectivity index (χ0) is 21.0. The second kappa shape index (κ2) is 9.46. The van der Waals surface area contributed by atoms with E-state index >= 15 is 0 Å². The molecule has 0 N–H and O–H groups in total. The fourth-order valence-electron chi connectivity index (χ4n) is 3.38. The molecule has 4 nitrogen and oxygen atoms in total. The van der Waals surface area contributed by atoms with Crippen molar-refractivity contribution in [3.05, 3.63) is 58.9 Å². The largest absolute Gasteiger partial charge is 0.302 e. The summed E-state index contributed by atoms with van der Waals surface area (Å²) in [4.78, 5) is 21.8. The first-order valence-corrected chi connectivity index (χ1v) is 10.9. The minimum absolute atomic E-state index is 0.00896. The average Bonchev–Trinajstić information content (AvgIpc) is 3.13. The number of aryl methyl sites for hydroxylation is 2. The van der Waals surface area contributed by atoms with E-state index in [0.717, 1.165) is 41.0 Å². The highest BCUT2D eigenvalue weighted by Crippen LogP contribution is 2.30. The van der Waals surface area contributed by atoms with Crippen LogP contribution >= 0.6 is 11.3 Å². The Hall–Kier alpha value is -2.31. The molecule has 1 heterocycles. The molecule has 1 aromatic heterocycles. The van der Waals surface area contributed by atoms with Gasteiger partial charge in [0.25, 0.3) is 0 Å². The molecule has 0 atom stereocenters. The molecule has 0 fully saturated rings. The lowest BCUT2D eigenvalue weighted by Gasteiger charge is -2.25. The standard InChI is InChI=1S/C23H28FN3OS/c1-5-26(6-2)12-13-27(21(28)15-18-14-16(3)10-11-17(18)4)23-25-22-19(24)8-7-9-20(22)29-23/h7-11,14H,5-6,12-13,15H2,1-4H3. The van der Waals surface area contributed by atoms with Crippen molar-refractivity contribution in [3.63, 3.8) is 0 Å². The van der Waals surface area contributed by atoms with Crippen molar-refractivity contribution in [1.29, 1.82) is 0 Å². The number of hydrogen-bond donors (Lipinski definition) is 0. The van der Waals surface area contributed by atoms with E-state index in [0.29, 0.717) is 23.6 Å². The molecule has 0 spiro atoms. The lowest BCUT2D eigenvalue weighted by atomic mass is 10.0. The van der Waals surface area contributed by atoms with Gasteiger partial charge in [0, 0.05) is 13.1 Å². The topological polar surface area (TPSA) is 36.4 Å². The van der Waals surface area contributed by atoms with Gasteiger partial charge < -0.3 is 4.90 Å². The number of nitrogens with zero attached hydrogens (tertiary/aromatic N) is 3. The molecule has 0 unspecified atom stereocenters. The lowest BCUT2D eigenvalue weighted by molar-refractivity contribution is -0.118. The Bertz CT molecular complexity index is 997. The number of likely N-dealkylation sites (N-methyl/N-ethyl adjacent to an activating group) is 1. The number of anilines is 1. The van der Waals surface area contributed by atoms with E-state index in [4.69, 9.17) is 0 Å². The van der Waals surface area contributed by atoms with Crippen LogP contribution in [-0.4, -0.2) is 42.0 Å². The van der Waals surface area contributed by atoms with Crippen LogP contribution < -0.4 is 4.90 Å². The predicted octanol–water partition coefficient (Wildman–Crippen LogP) is 4.97. The lowest BCUT2D eigenvalue weighted by Crippen LogP contribution is -2.39. The van der Waals surface area contributed by atoms with Crippen molar-refractivity contribution in [2.75, 3.05) is 31.1 Å². The smallest absolute Gasteiger partial charge is 0.233 e. The van der Waals surface area contributed by atoms with Gasteiger partial charge >= 0.3 is 0 Å². The first kappa shape index (κ1) is 21.4. The molecule has 0 aliphatic heterocycles. The number of benzene rings is 2. The summed E-state index contributed by atoms with van der Waals surface area (Å²) in [5, 5.41) is 0.563. The molecule has 1 amide bonds. The van der Waals surface area contributed by atoms with E-state index in [2.05, 4.69) is 35.9 Å². The van der Waals surface area contributed by atoms with E-state index in [9.17, 15) is 9.18 Å². The second-order valence-electron chi connectivity index (χ2n) is 7.26. The van der Waals surface area contributed by atoms with Crippen LogP contribution in [0.25, 0.3) is 10.2 Å². The van der Waals surface area contributed by atoms with Crippen LogP contribution in [0.3, 0.4) is 0 Å². The van der Waals surface area contributed by atoms with E-state index in [1.807, 2.05) is 26.0 Å². The molecular formula is C23H28FN3OS. The Labute approximate surface area is 176 Å². The first-order chi connectivity index (χ1) is 13.9. The highest BCUT2D eigenvalue weighted by atomic mass is 32.1. The number of halogens is 1. The summed E-state index contributed by atoms with van der Waals surface area (Å²) < 4.78 is 14.9. The van der Waals surface area contributed by atoms with Crippen LogP contribution in [0.1, 0.15) is 30.5 Å². The summed E-state index contributed by atoms with van der Waals surface area (Å²) >= 11 is 1.37. The summed E-state index contributed by atoms with van der Waals surface area (Å²) in [6.07, 6.45) is 0.310. The first-order valence-electron chi connectivity index (χ1n) is 10.1. The summed E-state index contributed by atoms with van der Waals surface area (Å²) in [6.45, 7) is 11.4. The number of para-hydroxylation sites is 1. The van der Waals surface area contributed by atoms with E-state index in [1.54, 1.807) is 11.0 Å². The fourth-order valence-corrected chi connectivity index (χ4v) is 4.40. The Kier molecular flexibility index (Phi) is 6.98. The van der Waals surface area contributed by atoms with Gasteiger partial charge in [-0.1, -0.05) is 55.0 Å². The van der Waals surface area contributed by atoms with Crippen molar-refractivity contribution in [1.82, 2.24) is 9.88 Å². The van der Waals surface area contributed by atoms with Crippen molar-refractivity contribution >= 4 is 32.6 Å². The Balaban J connectivity index is 1.91. The molecule has 3 aromatic rings. The SMILES string of the molecule is CCN(CC)CCN(C(=O)Cc1cc(C)ccc1C)c1nc2c(F)cccc2s1. The molecular weight excluding hydrogens is 385 g/mol. The van der Waals surface area contributed by atoms with Crippen LogP contribution in [0.2, 0.25) is 0 Å². The monoisotopic (exact) mass is 413 g/mol. The highest BCUT2D eigenvalue weighted by Gasteiger charge is 2.22. The zero-order valence-electron chi connectivity index (χ0n) is 17.5. The van der Waals surface area contributed by atoms with E-state index in [-0.39, 0.29) is 11.7 Å². The highest BCUT2D eigenvalue weighted by molar-refractivity contribution is 7.22. The molecule has 6 heteroatoms. The van der Waals surface area contributed by atoms with Gasteiger partial charge in [0.1, 0.15) is 11.3 Å². The quantitative estimate of drug-likeness (QED) is 0.523. The third-order valence-corrected chi connectivity index (χ3v) is 6.31. The molecule has 0 saturated carbocycles. The fraction of sp³-hybridized carbons (Fsp3) is 0.391. The van der Waals surface area contributed by atoms with Crippen LogP contribution in [0.5, 0.6) is 0 Å². The van der Waals surface area contributed by atoms with Crippen LogP contribution in [0.4, 0.5) is 9.52 Å². The van der Waals surface area contributed by atoms with Crippen molar-refractivity contribution in [3.8, 4) is 0 Å². The van der Waals surface area contributed by atoms with Gasteiger partial charge in [-0.3, -0.25) is 9.69 Å². The van der Waals surface area contributed by atoms with Gasteiger partial charge in [-0.05, 0) is 50.2 Å². The summed E-state index contributed by atoms with van der Waals surface area (Å²) in [6, 6.07) is 11.1. The Morgan fingerprint density at radius 2 is 1.86 bits per heavy atom. The van der Waals surface area contributed by atoms with Crippen molar-refractivity contribution < 1.29 is 9.18 Å². The third-order valence-electron chi connectivity index (χ3n) is 5.27. The Morgan fingerprint density at radius 1 is 1.10 bits per heavy atom. The van der Waals surface area contributed by atoms with E-state index in [1.165, 1.54) is 17.4 Å². The molecule has 0 saturated heterocycles. The molecule has 0 bridgehead atoms. The molecule has 29 heavy (non-hydrogen) atoms. The average molecular weight is 414 g/mol. The maximum absolute atomic E-state index is 14.2. The molecule has 154 valence electrons. The minimum atomic E-state index is -0.351. The number of amides is 1. The van der Waals surface area contributed by atoms with Gasteiger partial charge in [0.05, 0.1) is 11.1 Å². The number of rotatable bonds is 8. The number of carbonyl (C=O) groups excluding carboxylic acids is 1. The van der Waals surface area contributed by atoms with Crippen molar-refractivity contribution in [2.45, 2.75) is 34.1 Å². The maximum Gasteiger partial charge on any atom is 0.233 e. The predicted molar refractivity (Wildman–Crippen MR) is 119 cm³/mol. The number of thiazole rings is 1. The Morgan fingerprint density at radius 3 is 2.55 bits per heavy atom. The van der Waals surface area contributed by atoms with E-state index < -0.39 is 0 Å². The third kappa shape index (κ3) is 5.00. The van der Waals surface area contributed by atoms with Gasteiger partial charge in [-0.15, -0.1) is 0 Å². The summed E-state index contributed by atoms with van der Waals surface area (Å²) in [7, 11) is 0. The number of carbonyl (C=O) groups is 1. The summed E-state index contributed by atoms with van der Waals surface area (Å²) in [5.74, 6) is -0.360. The normalized spacial score (nSPS) is 11.4. The van der Waals surface area contributed by atoms with Gasteiger partial charge in [-0.25, -0.2) is 9.37 Å². The van der Waals surface area contributed by atoms with Gasteiger partial charge in [0.15, 0.2) is 5.13 Å². The van der Waals surface area contributed by atoms with Crippen molar-refractivity contribution in [2.24, 2.45) is 0 Å². The molecule has 0 aliphatic carbocycles. The van der Waals surface area contributed by atoms with Gasteiger partial charge in [-0.2, -0.15) is 0 Å². The van der Waals surface area contributed by atoms with Crippen LogP contribution in [-0.2, 0) is 11.2 Å². The van der Waals surface area contributed by atoms with Crippen LogP contribution in [0, 0.1) is 19.7 Å². The van der Waals surface area contributed by atoms with Gasteiger partial charge in [0.2, 0.25) is 5.91 Å². The number of fused-ring (bicyclic) bond motifs is 1. The maximum atomic E-state index is 14.2. The zero-order valence-corrected chi connectivity index (χ0v) is 18.4. The van der Waals surface area contributed by atoms with Crippen LogP contribution in [0.15, 0.2) is 36.4 Å². The number of aromatic nitrogens is 1. The second-order valence-corrected chi connectivity index (χ2v) is 8.27. The molecule has 3 rings (SSSR count). The minimum Gasteiger partial charge on any atom is -0.302 e. The molecule has 2 aromatic carbocycles. The summed E-state index contributed by atoms with van der Waals surface area (Å²) in [5.41, 5.74) is 3.59. The number of hydrogen-bond acceptors (Lipinski definition) is 4.